The molecule has 2 fully saturated rings. The number of likely N-dealkylation sites (tertiary alicyclic amines) is 1. The van der Waals surface area contributed by atoms with Crippen molar-refractivity contribution in [1.29, 1.82) is 0 Å². The van der Waals surface area contributed by atoms with Crippen molar-refractivity contribution in [3.05, 3.63) is 0 Å². The fourth-order valence-electron chi connectivity index (χ4n) is 4.15. The van der Waals surface area contributed by atoms with Crippen LogP contribution in [0.2, 0.25) is 0 Å². The van der Waals surface area contributed by atoms with Gasteiger partial charge in [0.15, 0.2) is 0 Å². The maximum atomic E-state index is 12.3. The molecule has 1 unspecified atom stereocenters. The third-order valence-electron chi connectivity index (χ3n) is 6.15. The molecule has 0 radical (unpaired) electrons. The molecule has 0 saturated carbocycles. The molecule has 4 N–H and O–H groups in total. The average molecular weight is 482 g/mol. The SMILES string of the molecule is CN1[13CH2][13CH2]N([13CH2][13CH]2[13CH2][13CH2][13CH2]N2CC(=O)[15NH]C[13CH2][13C](=O)[15NH]CCC(=O)[15NH]CCCC(=O)O)[13CH2][13CH2]1. The molecule has 0 aliphatic carbocycles. The van der Waals surface area contributed by atoms with Gasteiger partial charge in [-0.1, -0.05) is 0 Å². The Hall–Kier alpha value is -2.24. The molecule has 2 saturated heterocycles. The fourth-order valence-corrected chi connectivity index (χ4v) is 4.15. The number of rotatable bonds is 14. The van der Waals surface area contributed by atoms with E-state index in [1.54, 1.807) is 0 Å². The van der Waals surface area contributed by atoms with Crippen molar-refractivity contribution in [3.63, 3.8) is 0 Å². The van der Waals surface area contributed by atoms with E-state index in [0.29, 0.717) is 25.6 Å². The molecule has 3 amide bonds. The number of hydrogen-bond donors (Lipinski definition) is 4. The van der Waals surface area contributed by atoms with E-state index in [4.69, 9.17) is 5.11 Å². The molecule has 0 bridgehead atoms. The van der Waals surface area contributed by atoms with Gasteiger partial charge in [0.25, 0.3) is 0 Å². The number of nitrogens with zero attached hydrogens (tertiary/aromatic N) is 3. The first kappa shape index (κ1) is 27.0. The van der Waals surface area contributed by atoms with Crippen LogP contribution >= 0.6 is 0 Å². The van der Waals surface area contributed by atoms with Crippen LogP contribution < -0.4 is 16.0 Å². The molecule has 0 aromatic carbocycles. The lowest BCUT2D eigenvalue weighted by Gasteiger charge is -2.36. The molecular weight excluding hydrogens is 442 g/mol. The Labute approximate surface area is 196 Å². The quantitative estimate of drug-likeness (QED) is 0.136. The summed E-state index contributed by atoms with van der Waals surface area (Å²) in [5.41, 5.74) is 0. The molecule has 188 valence electrons. The molecule has 33 heavy (non-hydrogen) atoms. The zero-order valence-corrected chi connectivity index (χ0v) is 19.8. The lowest BCUT2D eigenvalue weighted by atomic mass is 10.3. The highest BCUT2D eigenvalue weighted by Crippen LogP contribution is 2.18. The van der Waals surface area contributed by atoms with Gasteiger partial charge >= 0.3 is 5.97 Å². The Morgan fingerprint density at radius 3 is 2.06 bits per heavy atom. The summed E-state index contributed by atoms with van der Waals surface area (Å²) in [5, 5.41) is 16.6. The summed E-state index contributed by atoms with van der Waals surface area (Å²) < 4.78 is 0. The standard InChI is InChI=1S/C22H40N6O5/c1-26-12-14-27(15-13-26)16-18-4-3-11-28(18)17-21(31)25-10-7-20(30)24-9-6-19(29)23-8-2-5-22(32)33/h18H,2-17H2,1H3,(H,23,29)(H,24,30)(H,25,31)(H,32,33)/i3+1,4+1,7+1,11+1,12+1,13+1,14+1,15+1,16+1,18+1,20+1,23+1,24+1,25+1. The molecule has 11 nitrogen and oxygen atoms in total. The molecule has 0 aromatic heterocycles. The van der Waals surface area contributed by atoms with Crippen LogP contribution in [-0.2, 0) is 19.2 Å². The normalized spacial score (nSPS) is 19.8. The van der Waals surface area contributed by atoms with Crippen molar-refractivity contribution in [1.82, 2.24) is 30.7 Å². The van der Waals surface area contributed by atoms with Gasteiger partial charge < -0.3 is 26.0 Å². The monoisotopic (exact) mass is 482 g/mol. The van der Waals surface area contributed by atoms with Gasteiger partial charge in [0, 0.05) is 77.7 Å². The van der Waals surface area contributed by atoms with Crippen molar-refractivity contribution >= 4 is 23.7 Å². The van der Waals surface area contributed by atoms with E-state index >= 15 is 0 Å². The number of carboxylic acid groups (broad SMARTS) is 1. The van der Waals surface area contributed by atoms with E-state index in [0.717, 1.165) is 52.1 Å². The van der Waals surface area contributed by atoms with Gasteiger partial charge in [-0.05, 0) is 32.9 Å². The highest BCUT2D eigenvalue weighted by atomic mass is 16.4. The smallest absolute Gasteiger partial charge is 0.303 e. The molecule has 0 spiro atoms. The largest absolute Gasteiger partial charge is 0.481 e. The van der Waals surface area contributed by atoms with Crippen LogP contribution in [0.25, 0.3) is 0 Å². The Morgan fingerprint density at radius 1 is 0.818 bits per heavy atom. The zero-order chi connectivity index (χ0) is 24.1. The van der Waals surface area contributed by atoms with E-state index in [1.165, 1.54) is 0 Å². The lowest BCUT2D eigenvalue weighted by molar-refractivity contribution is -0.137. The van der Waals surface area contributed by atoms with Crippen molar-refractivity contribution in [3.8, 4) is 0 Å². The minimum atomic E-state index is -0.894. The number of carbonyl (C=O) groups excluding carboxylic acids is 3. The lowest BCUT2D eigenvalue weighted by Crippen LogP contribution is -2.50. The molecule has 11 heteroatoms. The minimum absolute atomic E-state index is 0.0113. The van der Waals surface area contributed by atoms with Crippen LogP contribution in [0.1, 0.15) is 38.5 Å². The first-order valence-corrected chi connectivity index (χ1v) is 12.0. The summed E-state index contributed by atoms with van der Waals surface area (Å²) in [6.45, 7) is 7.42. The number of nitrogens with one attached hydrogen (secondary N) is 3. The second-order valence-corrected chi connectivity index (χ2v) is 8.92. The number of hydrogen-bond acceptors (Lipinski definition) is 7. The number of piperazine rings is 1. The summed E-state index contributed by atoms with van der Waals surface area (Å²) in [4.78, 5) is 53.4. The topological polar surface area (TPSA) is 134 Å². The van der Waals surface area contributed by atoms with Crippen molar-refractivity contribution in [2.24, 2.45) is 0 Å². The van der Waals surface area contributed by atoms with E-state index in [1.807, 2.05) is 0 Å². The van der Waals surface area contributed by atoms with Crippen molar-refractivity contribution < 1.29 is 24.3 Å². The van der Waals surface area contributed by atoms with E-state index < -0.39 is 5.97 Å². The maximum absolute atomic E-state index is 12.3. The van der Waals surface area contributed by atoms with Gasteiger partial charge in [0.05, 0.1) is 6.54 Å². The minimum Gasteiger partial charge on any atom is -0.481 e. The molecule has 1 atom stereocenters. The number of carboxylic acids is 1. The summed E-state index contributed by atoms with van der Waals surface area (Å²) in [6.07, 6.45) is 2.92. The van der Waals surface area contributed by atoms with Crippen LogP contribution in [0.4, 0.5) is 0 Å². The second-order valence-electron chi connectivity index (χ2n) is 8.92. The zero-order valence-electron chi connectivity index (χ0n) is 19.8. The predicted molar refractivity (Wildman–Crippen MR) is 124 cm³/mol. The highest BCUT2D eigenvalue weighted by Gasteiger charge is 2.28. The van der Waals surface area contributed by atoms with E-state index in [9.17, 15) is 19.2 Å². The van der Waals surface area contributed by atoms with E-state index in [-0.39, 0.29) is 50.1 Å². The Kier molecular flexibility index (Phi) is 12.1. The van der Waals surface area contributed by atoms with Gasteiger partial charge in [0.2, 0.25) is 17.7 Å². The molecule has 2 heterocycles. The summed E-state index contributed by atoms with van der Waals surface area (Å²) >= 11 is 0. The number of amides is 3. The number of carbonyl (C=O) groups is 4. The molecular formula is C22H40N6O5. The van der Waals surface area contributed by atoms with Crippen LogP contribution in [0.5, 0.6) is 0 Å². The van der Waals surface area contributed by atoms with Gasteiger partial charge in [0.1, 0.15) is 0 Å². The number of likely N-dealkylation sites (N-methyl/N-ethyl adjacent to an activating group) is 1. The first-order chi connectivity index (χ1) is 15.8. The van der Waals surface area contributed by atoms with Gasteiger partial charge in [-0.15, -0.1) is 0 Å². The third kappa shape index (κ3) is 11.4. The Balaban J connectivity index is 1.52. The summed E-state index contributed by atoms with van der Waals surface area (Å²) in [5.74, 6) is -1.41. The van der Waals surface area contributed by atoms with Crippen LogP contribution in [0, 0.1) is 0 Å². The van der Waals surface area contributed by atoms with E-state index in [2.05, 4.69) is 37.7 Å². The second kappa shape index (κ2) is 14.8. The van der Waals surface area contributed by atoms with Crippen LogP contribution in [0.3, 0.4) is 0 Å². The molecule has 2 rings (SSSR count). The highest BCUT2D eigenvalue weighted by molar-refractivity contribution is 5.81. The maximum Gasteiger partial charge on any atom is 0.303 e. The Bertz CT molecular complexity index is 653. The van der Waals surface area contributed by atoms with Gasteiger partial charge in [-0.2, -0.15) is 0 Å². The van der Waals surface area contributed by atoms with Gasteiger partial charge in [-0.3, -0.25) is 29.0 Å². The molecule has 2 aliphatic heterocycles. The summed E-state index contributed by atoms with van der Waals surface area (Å²) in [6, 6.07) is 0.415. The molecule has 0 aromatic rings. The van der Waals surface area contributed by atoms with Crippen molar-refractivity contribution in [2.45, 2.75) is 44.6 Å². The first-order valence-electron chi connectivity index (χ1n) is 12.0. The predicted octanol–water partition coefficient (Wildman–Crippen LogP) is -1.31. The number of aliphatic carboxylic acids is 1. The van der Waals surface area contributed by atoms with Gasteiger partial charge in [-0.25, -0.2) is 0 Å². The third-order valence-corrected chi connectivity index (χ3v) is 6.15. The molecule has 2 aliphatic rings. The van der Waals surface area contributed by atoms with Crippen LogP contribution in [-0.4, -0.2) is 122 Å². The Morgan fingerprint density at radius 2 is 1.42 bits per heavy atom. The van der Waals surface area contributed by atoms with Crippen molar-refractivity contribution in [2.75, 3.05) is 72.5 Å². The average Bonchev–Trinajstić information content (AvgIpc) is 3.19. The summed E-state index contributed by atoms with van der Waals surface area (Å²) in [7, 11) is 2.15. The van der Waals surface area contributed by atoms with Crippen LogP contribution in [0.15, 0.2) is 0 Å². The fraction of sp³-hybridized carbons (Fsp3) is 0.818.